The lowest BCUT2D eigenvalue weighted by Gasteiger charge is -2.27. The van der Waals surface area contributed by atoms with E-state index >= 15 is 0 Å². The van der Waals surface area contributed by atoms with Crippen LogP contribution in [0.3, 0.4) is 0 Å². The highest BCUT2D eigenvalue weighted by Crippen LogP contribution is 2.26. The Morgan fingerprint density at radius 1 is 1.21 bits per heavy atom. The van der Waals surface area contributed by atoms with Crippen LogP contribution in [0.2, 0.25) is 0 Å². The van der Waals surface area contributed by atoms with Crippen molar-refractivity contribution in [1.29, 1.82) is 0 Å². The number of aryl methyl sites for hydroxylation is 1. The molecule has 1 nitrogen and oxygen atoms in total. The van der Waals surface area contributed by atoms with Crippen LogP contribution in [0.1, 0.15) is 30.0 Å². The van der Waals surface area contributed by atoms with Crippen molar-refractivity contribution in [2.24, 2.45) is 0 Å². The van der Waals surface area contributed by atoms with E-state index in [2.05, 4.69) is 38.4 Å². The van der Waals surface area contributed by atoms with Crippen molar-refractivity contribution in [3.8, 4) is 0 Å². The van der Waals surface area contributed by atoms with Crippen LogP contribution in [0.5, 0.6) is 0 Å². The zero-order valence-corrected chi connectivity index (χ0v) is 9.64. The normalized spacial score (nSPS) is 20.1. The fourth-order valence-electron chi connectivity index (χ4n) is 2.35. The van der Waals surface area contributed by atoms with E-state index in [1.165, 1.54) is 19.3 Å². The molecule has 78 valence electrons. The van der Waals surface area contributed by atoms with E-state index in [4.69, 9.17) is 0 Å². The first-order chi connectivity index (χ1) is 6.29. The second kappa shape index (κ2) is 4.81. The van der Waals surface area contributed by atoms with Gasteiger partial charge in [-0.25, -0.2) is 0 Å². The molecule has 0 saturated heterocycles. The summed E-state index contributed by atoms with van der Waals surface area (Å²) in [5.41, 5.74) is 3.15. The van der Waals surface area contributed by atoms with Crippen LogP contribution in [-0.2, 0) is 6.42 Å². The Balaban J connectivity index is 0.000000980. The highest BCUT2D eigenvalue weighted by atomic mass is 35.5. The minimum Gasteiger partial charge on any atom is -1.00 e. The number of halogens is 1. The Labute approximate surface area is 92.5 Å². The van der Waals surface area contributed by atoms with Gasteiger partial charge in [0.1, 0.15) is 6.04 Å². The molecule has 0 fully saturated rings. The third-order valence-corrected chi connectivity index (χ3v) is 3.07. The van der Waals surface area contributed by atoms with Crippen LogP contribution in [0.4, 0.5) is 0 Å². The molecule has 2 heteroatoms. The molecule has 1 N–H and O–H groups in total. The summed E-state index contributed by atoms with van der Waals surface area (Å²) < 4.78 is 0. The molecular weight excluding hydrogens is 194 g/mol. The maximum Gasteiger partial charge on any atom is 0.113 e. The van der Waals surface area contributed by atoms with E-state index in [1.54, 1.807) is 16.0 Å². The summed E-state index contributed by atoms with van der Waals surface area (Å²) >= 11 is 0. The third-order valence-electron chi connectivity index (χ3n) is 3.07. The molecule has 0 heterocycles. The second-order valence-corrected chi connectivity index (χ2v) is 4.22. The molecule has 1 aliphatic rings. The number of benzene rings is 1. The highest BCUT2D eigenvalue weighted by molar-refractivity contribution is 5.30. The SMILES string of the molecule is C[NH+](C)C1CCCc2ccccc21.[Cl-]. The van der Waals surface area contributed by atoms with E-state index < -0.39 is 0 Å². The molecule has 2 rings (SSSR count). The third kappa shape index (κ3) is 2.10. The summed E-state index contributed by atoms with van der Waals surface area (Å²) in [6, 6.07) is 9.63. The topological polar surface area (TPSA) is 4.44 Å². The summed E-state index contributed by atoms with van der Waals surface area (Å²) in [6.45, 7) is 0. The van der Waals surface area contributed by atoms with Crippen LogP contribution in [-0.4, -0.2) is 14.1 Å². The lowest BCUT2D eigenvalue weighted by molar-refractivity contribution is -0.893. The van der Waals surface area contributed by atoms with E-state index in [-0.39, 0.29) is 12.4 Å². The molecule has 1 aromatic carbocycles. The molecule has 0 spiro atoms. The van der Waals surface area contributed by atoms with Crippen LogP contribution >= 0.6 is 0 Å². The fraction of sp³-hybridized carbons (Fsp3) is 0.500. The molecular formula is C12H18ClN. The lowest BCUT2D eigenvalue weighted by Crippen LogP contribution is -3.06. The zero-order valence-electron chi connectivity index (χ0n) is 8.89. The van der Waals surface area contributed by atoms with Gasteiger partial charge in [0, 0.05) is 12.0 Å². The summed E-state index contributed by atoms with van der Waals surface area (Å²) in [5.74, 6) is 0. The van der Waals surface area contributed by atoms with Crippen LogP contribution in [0, 0.1) is 0 Å². The number of hydrogen-bond acceptors (Lipinski definition) is 0. The quantitative estimate of drug-likeness (QED) is 0.560. The van der Waals surface area contributed by atoms with Gasteiger partial charge in [-0.1, -0.05) is 24.3 Å². The Morgan fingerprint density at radius 2 is 1.93 bits per heavy atom. The van der Waals surface area contributed by atoms with Crippen LogP contribution < -0.4 is 17.3 Å². The molecule has 0 aliphatic heterocycles. The standard InChI is InChI=1S/C12H17N.ClH/c1-13(2)12-9-5-7-10-6-3-4-8-11(10)12;/h3-4,6,8,12H,5,7,9H2,1-2H3;1H. The van der Waals surface area contributed by atoms with Gasteiger partial charge in [0.15, 0.2) is 0 Å². The van der Waals surface area contributed by atoms with Crippen molar-refractivity contribution in [1.82, 2.24) is 0 Å². The van der Waals surface area contributed by atoms with Crippen molar-refractivity contribution >= 4 is 0 Å². The second-order valence-electron chi connectivity index (χ2n) is 4.22. The molecule has 14 heavy (non-hydrogen) atoms. The fourth-order valence-corrected chi connectivity index (χ4v) is 2.35. The van der Waals surface area contributed by atoms with E-state index in [0.29, 0.717) is 0 Å². The molecule has 1 unspecified atom stereocenters. The minimum atomic E-state index is 0. The van der Waals surface area contributed by atoms with Gasteiger partial charge in [0.25, 0.3) is 0 Å². The van der Waals surface area contributed by atoms with Crippen molar-refractivity contribution in [2.75, 3.05) is 14.1 Å². The van der Waals surface area contributed by atoms with Gasteiger partial charge in [-0.3, -0.25) is 0 Å². The monoisotopic (exact) mass is 211 g/mol. The Bertz CT molecular complexity index is 296. The van der Waals surface area contributed by atoms with Gasteiger partial charge in [-0.05, 0) is 18.4 Å². The molecule has 0 amide bonds. The molecule has 1 atom stereocenters. The average molecular weight is 212 g/mol. The van der Waals surface area contributed by atoms with E-state index in [9.17, 15) is 0 Å². The van der Waals surface area contributed by atoms with Gasteiger partial charge in [0.05, 0.1) is 14.1 Å². The van der Waals surface area contributed by atoms with Crippen LogP contribution in [0.15, 0.2) is 24.3 Å². The predicted molar refractivity (Wildman–Crippen MR) is 54.9 cm³/mol. The maximum atomic E-state index is 2.30. The number of fused-ring (bicyclic) bond motifs is 1. The summed E-state index contributed by atoms with van der Waals surface area (Å²) in [5, 5.41) is 0. The predicted octanol–water partition coefficient (Wildman–Crippen LogP) is -1.79. The van der Waals surface area contributed by atoms with Crippen molar-refractivity contribution in [3.05, 3.63) is 35.4 Å². The molecule has 0 bridgehead atoms. The molecule has 0 radical (unpaired) electrons. The summed E-state index contributed by atoms with van der Waals surface area (Å²) in [6.07, 6.45) is 3.98. The summed E-state index contributed by atoms with van der Waals surface area (Å²) in [7, 11) is 4.51. The number of nitrogens with one attached hydrogen (secondary N) is 1. The molecule has 1 aliphatic carbocycles. The smallest absolute Gasteiger partial charge is 0.113 e. The van der Waals surface area contributed by atoms with Crippen molar-refractivity contribution < 1.29 is 17.3 Å². The first-order valence-corrected chi connectivity index (χ1v) is 5.17. The van der Waals surface area contributed by atoms with E-state index in [1.807, 2.05) is 0 Å². The van der Waals surface area contributed by atoms with Crippen molar-refractivity contribution in [3.63, 3.8) is 0 Å². The number of quaternary nitrogens is 1. The Kier molecular flexibility index (Phi) is 3.97. The van der Waals surface area contributed by atoms with Gasteiger partial charge in [-0.2, -0.15) is 0 Å². The lowest BCUT2D eigenvalue weighted by atomic mass is 9.87. The molecule has 0 aromatic heterocycles. The molecule has 0 saturated carbocycles. The summed E-state index contributed by atoms with van der Waals surface area (Å²) in [4.78, 5) is 1.56. The maximum absolute atomic E-state index is 2.30. The Hall–Kier alpha value is -0.530. The number of rotatable bonds is 1. The minimum absolute atomic E-state index is 0. The van der Waals surface area contributed by atoms with Gasteiger partial charge < -0.3 is 17.3 Å². The average Bonchev–Trinajstić information content (AvgIpc) is 2.17. The van der Waals surface area contributed by atoms with Crippen molar-refractivity contribution in [2.45, 2.75) is 25.3 Å². The van der Waals surface area contributed by atoms with Crippen LogP contribution in [0.25, 0.3) is 0 Å². The number of hydrogen-bond donors (Lipinski definition) is 1. The van der Waals surface area contributed by atoms with Gasteiger partial charge >= 0.3 is 0 Å². The van der Waals surface area contributed by atoms with Gasteiger partial charge in [-0.15, -0.1) is 0 Å². The first-order valence-electron chi connectivity index (χ1n) is 5.17. The first kappa shape index (κ1) is 11.5. The Morgan fingerprint density at radius 3 is 2.64 bits per heavy atom. The van der Waals surface area contributed by atoms with E-state index in [0.717, 1.165) is 6.04 Å². The zero-order chi connectivity index (χ0) is 9.26. The highest BCUT2D eigenvalue weighted by Gasteiger charge is 2.23. The van der Waals surface area contributed by atoms with Gasteiger partial charge in [0.2, 0.25) is 0 Å². The molecule has 1 aromatic rings. The largest absolute Gasteiger partial charge is 1.00 e.